The summed E-state index contributed by atoms with van der Waals surface area (Å²) in [5.74, 6) is 0.284. The number of hydrogen-bond donors (Lipinski definition) is 2. The number of benzene rings is 1. The summed E-state index contributed by atoms with van der Waals surface area (Å²) < 4.78 is 0.709. The Hall–Kier alpha value is -1.64. The van der Waals surface area contributed by atoms with Crippen molar-refractivity contribution in [3.63, 3.8) is 0 Å². The predicted molar refractivity (Wildman–Crippen MR) is 95.7 cm³/mol. The maximum Gasteiger partial charge on any atom is 0.230 e. The van der Waals surface area contributed by atoms with Crippen LogP contribution >= 0.6 is 23.1 Å². The summed E-state index contributed by atoms with van der Waals surface area (Å²) in [5.41, 5.74) is 7.97. The van der Waals surface area contributed by atoms with E-state index < -0.39 is 0 Å². The predicted octanol–water partition coefficient (Wildman–Crippen LogP) is 1.94. The zero-order valence-electron chi connectivity index (χ0n) is 13.4. The molecule has 3 N–H and O–H groups in total. The number of nitrogens with one attached hydrogen (secondary N) is 1. The van der Waals surface area contributed by atoms with E-state index in [9.17, 15) is 4.79 Å². The Balaban J connectivity index is 1.89. The zero-order valence-corrected chi connectivity index (χ0v) is 15.1. The highest BCUT2D eigenvalue weighted by molar-refractivity contribution is 8.01. The van der Waals surface area contributed by atoms with Gasteiger partial charge in [0.15, 0.2) is 4.34 Å². The average Bonchev–Trinajstić information content (AvgIpc) is 2.92. The van der Waals surface area contributed by atoms with Crippen molar-refractivity contribution in [1.82, 2.24) is 20.4 Å². The number of nitrogens with two attached hydrogens (primary N) is 1. The number of likely N-dealkylation sites (N-methyl/N-ethyl adjacent to an activating group) is 1. The summed E-state index contributed by atoms with van der Waals surface area (Å²) in [6, 6.07) is 8.38. The first-order chi connectivity index (χ1) is 11.0. The second-order valence-corrected chi connectivity index (χ2v) is 7.57. The summed E-state index contributed by atoms with van der Waals surface area (Å²) in [4.78, 5) is 14.2. The molecule has 2 aromatic rings. The highest BCUT2D eigenvalue weighted by Crippen LogP contribution is 2.23. The van der Waals surface area contributed by atoms with Crippen molar-refractivity contribution in [2.45, 2.75) is 17.3 Å². The van der Waals surface area contributed by atoms with Crippen LogP contribution in [0.25, 0.3) is 0 Å². The fraction of sp³-hybridized carbons (Fsp3) is 0.400. The highest BCUT2D eigenvalue weighted by Gasteiger charge is 2.17. The number of amides is 1. The molecule has 0 saturated heterocycles. The van der Waals surface area contributed by atoms with Crippen molar-refractivity contribution in [3.8, 4) is 0 Å². The smallest absolute Gasteiger partial charge is 0.230 e. The third-order valence-electron chi connectivity index (χ3n) is 3.41. The molecule has 1 aromatic heterocycles. The minimum atomic E-state index is -0.0239. The molecule has 0 saturated carbocycles. The van der Waals surface area contributed by atoms with Crippen LogP contribution < -0.4 is 11.1 Å². The fourth-order valence-electron chi connectivity index (χ4n) is 2.20. The highest BCUT2D eigenvalue weighted by atomic mass is 32.2. The largest absolute Gasteiger partial charge is 0.374 e. The number of nitrogens with zero attached hydrogens (tertiary/aromatic N) is 3. The van der Waals surface area contributed by atoms with E-state index in [4.69, 9.17) is 5.73 Å². The normalized spacial score (nSPS) is 12.3. The molecule has 0 radical (unpaired) electrons. The van der Waals surface area contributed by atoms with Crippen LogP contribution in [0.15, 0.2) is 28.6 Å². The summed E-state index contributed by atoms with van der Waals surface area (Å²) in [6.45, 7) is 2.65. The molecule has 0 aliphatic rings. The number of carbonyl (C=O) groups excluding carboxylic acids is 1. The summed E-state index contributed by atoms with van der Waals surface area (Å²) in [7, 11) is 4.03. The van der Waals surface area contributed by atoms with Crippen molar-refractivity contribution in [1.29, 1.82) is 0 Å². The number of aromatic nitrogens is 2. The Bertz CT molecular complexity index is 659. The van der Waals surface area contributed by atoms with Gasteiger partial charge >= 0.3 is 0 Å². The first kappa shape index (κ1) is 17.7. The van der Waals surface area contributed by atoms with Gasteiger partial charge in [0.2, 0.25) is 11.0 Å². The van der Waals surface area contributed by atoms with Gasteiger partial charge in [-0.05, 0) is 32.1 Å². The topological polar surface area (TPSA) is 84.1 Å². The maximum atomic E-state index is 12.0. The molecule has 2 rings (SSSR count). The lowest BCUT2D eigenvalue weighted by atomic mass is 10.0. The van der Waals surface area contributed by atoms with E-state index in [1.54, 1.807) is 0 Å². The molecule has 0 aliphatic heterocycles. The maximum absolute atomic E-state index is 12.0. The lowest BCUT2D eigenvalue weighted by molar-refractivity contribution is -0.118. The molecule has 1 atom stereocenters. The molecule has 0 unspecified atom stereocenters. The Kier molecular flexibility index (Phi) is 6.37. The first-order valence-corrected chi connectivity index (χ1v) is 8.98. The third kappa shape index (κ3) is 5.19. The van der Waals surface area contributed by atoms with Gasteiger partial charge in [0.05, 0.1) is 11.8 Å². The molecule has 1 amide bonds. The van der Waals surface area contributed by atoms with Crippen LogP contribution in [-0.2, 0) is 4.79 Å². The lowest BCUT2D eigenvalue weighted by Crippen LogP contribution is -2.35. The van der Waals surface area contributed by atoms with Gasteiger partial charge in [-0.2, -0.15) is 0 Å². The quantitative estimate of drug-likeness (QED) is 0.742. The van der Waals surface area contributed by atoms with Crippen LogP contribution in [0, 0.1) is 6.92 Å². The van der Waals surface area contributed by atoms with Gasteiger partial charge in [-0.3, -0.25) is 4.79 Å². The van der Waals surface area contributed by atoms with Crippen LogP contribution in [0.1, 0.15) is 17.2 Å². The molecule has 6 nitrogen and oxygen atoms in total. The second-order valence-electron chi connectivity index (χ2n) is 5.33. The molecule has 0 spiro atoms. The summed E-state index contributed by atoms with van der Waals surface area (Å²) >= 11 is 2.64. The average molecular weight is 352 g/mol. The Labute approximate surface area is 144 Å². The van der Waals surface area contributed by atoms with Gasteiger partial charge in [0.25, 0.3) is 0 Å². The molecule has 8 heteroatoms. The van der Waals surface area contributed by atoms with E-state index in [0.29, 0.717) is 21.8 Å². The SMILES string of the molecule is Cc1ccccc1[C@@H](CNC(=O)CSc1nnc(N)s1)N(C)C. The summed E-state index contributed by atoms with van der Waals surface area (Å²) in [5, 5.41) is 11.0. The Morgan fingerprint density at radius 2 is 2.13 bits per heavy atom. The van der Waals surface area contributed by atoms with Crippen LogP contribution in [-0.4, -0.2) is 47.4 Å². The second kappa shape index (κ2) is 8.28. The Morgan fingerprint density at radius 3 is 2.74 bits per heavy atom. The molecular weight excluding hydrogens is 330 g/mol. The summed E-state index contributed by atoms with van der Waals surface area (Å²) in [6.07, 6.45) is 0. The van der Waals surface area contributed by atoms with E-state index in [1.165, 1.54) is 34.2 Å². The number of rotatable bonds is 7. The van der Waals surface area contributed by atoms with E-state index in [0.717, 1.165) is 0 Å². The zero-order chi connectivity index (χ0) is 16.8. The van der Waals surface area contributed by atoms with Crippen LogP contribution in [0.4, 0.5) is 5.13 Å². The lowest BCUT2D eigenvalue weighted by Gasteiger charge is -2.26. The first-order valence-electron chi connectivity index (χ1n) is 7.18. The molecule has 1 heterocycles. The van der Waals surface area contributed by atoms with E-state index >= 15 is 0 Å². The van der Waals surface area contributed by atoms with Crippen LogP contribution in [0.3, 0.4) is 0 Å². The van der Waals surface area contributed by atoms with Gasteiger partial charge < -0.3 is 16.0 Å². The molecule has 124 valence electrons. The number of hydrogen-bond acceptors (Lipinski definition) is 7. The molecule has 0 aliphatic carbocycles. The fourth-order valence-corrected chi connectivity index (χ4v) is 3.66. The van der Waals surface area contributed by atoms with Crippen LogP contribution in [0.5, 0.6) is 0 Å². The van der Waals surface area contributed by atoms with Crippen molar-refractivity contribution >= 4 is 34.1 Å². The van der Waals surface area contributed by atoms with Gasteiger partial charge in [-0.15, -0.1) is 10.2 Å². The third-order valence-corrected chi connectivity index (χ3v) is 5.30. The van der Waals surface area contributed by atoms with Gasteiger partial charge in [0, 0.05) is 6.54 Å². The van der Waals surface area contributed by atoms with E-state index in [-0.39, 0.29) is 11.9 Å². The van der Waals surface area contributed by atoms with Gasteiger partial charge in [-0.25, -0.2) is 0 Å². The van der Waals surface area contributed by atoms with Gasteiger partial charge in [-0.1, -0.05) is 47.4 Å². The van der Waals surface area contributed by atoms with Crippen molar-refractivity contribution in [2.24, 2.45) is 0 Å². The minimum Gasteiger partial charge on any atom is -0.374 e. The number of nitrogen functional groups attached to an aromatic ring is 1. The standard InChI is InChI=1S/C15H21N5OS2/c1-10-6-4-5-7-11(10)12(20(2)3)8-17-13(21)9-22-15-19-18-14(16)23-15/h4-7,12H,8-9H2,1-3H3,(H2,16,18)(H,17,21)/t12-/m1/s1. The van der Waals surface area contributed by atoms with Gasteiger partial charge in [0.1, 0.15) is 0 Å². The molecular formula is C15H21N5OS2. The molecule has 0 bridgehead atoms. The number of thioether (sulfide) groups is 1. The molecule has 23 heavy (non-hydrogen) atoms. The number of anilines is 1. The van der Waals surface area contributed by atoms with E-state index in [2.05, 4.69) is 39.5 Å². The van der Waals surface area contributed by atoms with E-state index in [1.807, 2.05) is 26.2 Å². The Morgan fingerprint density at radius 1 is 1.39 bits per heavy atom. The molecule has 1 aromatic carbocycles. The monoisotopic (exact) mass is 351 g/mol. The van der Waals surface area contributed by atoms with Crippen molar-refractivity contribution in [3.05, 3.63) is 35.4 Å². The van der Waals surface area contributed by atoms with Crippen molar-refractivity contribution < 1.29 is 4.79 Å². The number of aryl methyl sites for hydroxylation is 1. The van der Waals surface area contributed by atoms with Crippen LogP contribution in [0.2, 0.25) is 0 Å². The van der Waals surface area contributed by atoms with Crippen molar-refractivity contribution in [2.75, 3.05) is 32.1 Å². The number of carbonyl (C=O) groups is 1. The minimum absolute atomic E-state index is 0.0239. The molecule has 0 fully saturated rings.